The number of methoxy groups -OCH3 is 1. The number of hydrogen-bond acceptors (Lipinski definition) is 4. The Balaban J connectivity index is 1.78. The molecule has 4 rings (SSSR count). The Hall–Kier alpha value is -3.37. The SMILES string of the molecule is CCCC(c1cccc(OC)c1)C(O)c1nc(-c2ccccc2)c(-c2ccccc2)o1. The van der Waals surface area contributed by atoms with Crippen LogP contribution >= 0.6 is 0 Å². The third-order valence-electron chi connectivity index (χ3n) is 5.48. The number of rotatable bonds is 8. The van der Waals surface area contributed by atoms with Crippen LogP contribution in [0.1, 0.15) is 43.2 Å². The Morgan fingerprint density at radius 1 is 0.903 bits per heavy atom. The molecule has 0 aliphatic rings. The normalized spacial score (nSPS) is 13.0. The number of aromatic nitrogens is 1. The molecule has 1 N–H and O–H groups in total. The summed E-state index contributed by atoms with van der Waals surface area (Å²) < 4.78 is 11.6. The molecule has 0 amide bonds. The van der Waals surface area contributed by atoms with E-state index in [-0.39, 0.29) is 5.92 Å². The lowest BCUT2D eigenvalue weighted by atomic mass is 9.89. The van der Waals surface area contributed by atoms with E-state index in [0.29, 0.717) is 11.7 Å². The van der Waals surface area contributed by atoms with Crippen LogP contribution in [0, 0.1) is 0 Å². The molecule has 4 aromatic rings. The van der Waals surface area contributed by atoms with Crippen LogP contribution in [0.4, 0.5) is 0 Å². The topological polar surface area (TPSA) is 55.5 Å². The van der Waals surface area contributed by atoms with Crippen LogP contribution < -0.4 is 4.74 Å². The van der Waals surface area contributed by atoms with Crippen molar-refractivity contribution in [1.82, 2.24) is 4.98 Å². The van der Waals surface area contributed by atoms with Crippen molar-refractivity contribution in [3.8, 4) is 28.3 Å². The molecule has 0 aliphatic heterocycles. The molecule has 158 valence electrons. The summed E-state index contributed by atoms with van der Waals surface area (Å²) in [6.45, 7) is 2.11. The molecule has 4 heteroatoms. The predicted octanol–water partition coefficient (Wildman–Crippen LogP) is 6.63. The minimum atomic E-state index is -0.869. The number of hydrogen-bond donors (Lipinski definition) is 1. The van der Waals surface area contributed by atoms with Crippen molar-refractivity contribution in [3.63, 3.8) is 0 Å². The first-order valence-corrected chi connectivity index (χ1v) is 10.6. The van der Waals surface area contributed by atoms with E-state index in [1.54, 1.807) is 7.11 Å². The molecule has 0 aliphatic carbocycles. The minimum absolute atomic E-state index is 0.147. The Morgan fingerprint density at radius 3 is 2.23 bits per heavy atom. The van der Waals surface area contributed by atoms with Gasteiger partial charge in [0.05, 0.1) is 7.11 Å². The molecule has 0 radical (unpaired) electrons. The van der Waals surface area contributed by atoms with Gasteiger partial charge in [-0.15, -0.1) is 0 Å². The van der Waals surface area contributed by atoms with Crippen LogP contribution in [0.3, 0.4) is 0 Å². The van der Waals surface area contributed by atoms with E-state index in [0.717, 1.165) is 41.0 Å². The smallest absolute Gasteiger partial charge is 0.225 e. The van der Waals surface area contributed by atoms with Crippen molar-refractivity contribution in [2.24, 2.45) is 0 Å². The van der Waals surface area contributed by atoms with Gasteiger partial charge in [0.1, 0.15) is 17.5 Å². The highest BCUT2D eigenvalue weighted by Gasteiger charge is 2.29. The molecule has 1 aromatic heterocycles. The van der Waals surface area contributed by atoms with Crippen LogP contribution in [-0.4, -0.2) is 17.2 Å². The average molecular weight is 414 g/mol. The summed E-state index contributed by atoms with van der Waals surface area (Å²) >= 11 is 0. The first-order chi connectivity index (χ1) is 15.2. The average Bonchev–Trinajstić information content (AvgIpc) is 3.29. The molecule has 2 atom stereocenters. The maximum absolute atomic E-state index is 11.4. The van der Waals surface area contributed by atoms with E-state index < -0.39 is 6.10 Å². The van der Waals surface area contributed by atoms with Crippen molar-refractivity contribution in [2.75, 3.05) is 7.11 Å². The zero-order valence-corrected chi connectivity index (χ0v) is 17.9. The number of benzene rings is 3. The van der Waals surface area contributed by atoms with Gasteiger partial charge in [-0.25, -0.2) is 4.98 Å². The largest absolute Gasteiger partial charge is 0.497 e. The van der Waals surface area contributed by atoms with Crippen LogP contribution in [0.5, 0.6) is 5.75 Å². The summed E-state index contributed by atoms with van der Waals surface area (Å²) in [5.41, 5.74) is 3.63. The Labute approximate surface area is 183 Å². The summed E-state index contributed by atoms with van der Waals surface area (Å²) in [5.74, 6) is 1.62. The zero-order chi connectivity index (χ0) is 21.6. The van der Waals surface area contributed by atoms with Gasteiger partial charge in [0, 0.05) is 17.0 Å². The van der Waals surface area contributed by atoms with Gasteiger partial charge >= 0.3 is 0 Å². The van der Waals surface area contributed by atoms with Crippen LogP contribution in [0.25, 0.3) is 22.6 Å². The first kappa shape index (κ1) is 20.9. The Morgan fingerprint density at radius 2 is 1.58 bits per heavy atom. The highest BCUT2D eigenvalue weighted by atomic mass is 16.5. The van der Waals surface area contributed by atoms with Crippen molar-refractivity contribution < 1.29 is 14.3 Å². The lowest BCUT2D eigenvalue weighted by molar-refractivity contribution is 0.110. The van der Waals surface area contributed by atoms with E-state index in [2.05, 4.69) is 6.92 Å². The quantitative estimate of drug-likeness (QED) is 0.352. The number of nitrogens with zero attached hydrogens (tertiary/aromatic N) is 1. The van der Waals surface area contributed by atoms with Crippen molar-refractivity contribution >= 4 is 0 Å². The maximum atomic E-state index is 11.4. The summed E-state index contributed by atoms with van der Waals surface area (Å²) in [6.07, 6.45) is 0.862. The molecular formula is C27H27NO3. The highest BCUT2D eigenvalue weighted by Crippen LogP contribution is 2.40. The molecule has 0 spiro atoms. The van der Waals surface area contributed by atoms with E-state index in [1.165, 1.54) is 0 Å². The number of aliphatic hydroxyl groups is 1. The molecule has 31 heavy (non-hydrogen) atoms. The van der Waals surface area contributed by atoms with Gasteiger partial charge in [0.15, 0.2) is 5.76 Å². The Kier molecular flexibility index (Phi) is 6.48. The fourth-order valence-corrected chi connectivity index (χ4v) is 3.90. The maximum Gasteiger partial charge on any atom is 0.225 e. The summed E-state index contributed by atoms with van der Waals surface area (Å²) in [5, 5.41) is 11.4. The van der Waals surface area contributed by atoms with Crippen molar-refractivity contribution in [3.05, 3.63) is 96.4 Å². The lowest BCUT2D eigenvalue weighted by Crippen LogP contribution is -2.11. The van der Waals surface area contributed by atoms with Crippen molar-refractivity contribution in [2.45, 2.75) is 31.8 Å². The predicted molar refractivity (Wildman–Crippen MR) is 123 cm³/mol. The minimum Gasteiger partial charge on any atom is -0.497 e. The standard InChI is InChI=1S/C27H27NO3/c1-3-11-23(21-16-10-17-22(18-21)30-2)25(29)27-28-24(19-12-6-4-7-13-19)26(31-27)20-14-8-5-9-15-20/h4-10,12-18,23,25,29H,3,11H2,1-2H3. The monoisotopic (exact) mass is 413 g/mol. The second kappa shape index (κ2) is 9.63. The third-order valence-corrected chi connectivity index (χ3v) is 5.48. The fraction of sp³-hybridized carbons (Fsp3) is 0.222. The van der Waals surface area contributed by atoms with Gasteiger partial charge in [0.25, 0.3) is 0 Å². The third kappa shape index (κ3) is 4.54. The van der Waals surface area contributed by atoms with Crippen LogP contribution in [-0.2, 0) is 0 Å². The Bertz CT molecular complexity index is 1050. The van der Waals surface area contributed by atoms with Gasteiger partial charge in [-0.05, 0) is 24.1 Å². The number of ether oxygens (including phenoxy) is 1. The summed E-state index contributed by atoms with van der Waals surface area (Å²) in [6, 6.07) is 27.7. The summed E-state index contributed by atoms with van der Waals surface area (Å²) in [4.78, 5) is 4.78. The van der Waals surface area contributed by atoms with Gasteiger partial charge < -0.3 is 14.3 Å². The lowest BCUT2D eigenvalue weighted by Gasteiger charge is -2.21. The molecular weight excluding hydrogens is 386 g/mol. The molecule has 0 bridgehead atoms. The molecule has 2 unspecified atom stereocenters. The second-order valence-electron chi connectivity index (χ2n) is 7.58. The van der Waals surface area contributed by atoms with Gasteiger partial charge in [-0.2, -0.15) is 0 Å². The number of aliphatic hydroxyl groups excluding tert-OH is 1. The molecule has 1 heterocycles. The van der Waals surface area contributed by atoms with Crippen molar-refractivity contribution in [1.29, 1.82) is 0 Å². The van der Waals surface area contributed by atoms with Gasteiger partial charge in [-0.1, -0.05) is 86.1 Å². The highest BCUT2D eigenvalue weighted by molar-refractivity contribution is 5.76. The van der Waals surface area contributed by atoms with Gasteiger partial charge in [-0.3, -0.25) is 0 Å². The zero-order valence-electron chi connectivity index (χ0n) is 17.9. The second-order valence-corrected chi connectivity index (χ2v) is 7.58. The molecule has 0 fully saturated rings. The summed E-state index contributed by atoms with van der Waals surface area (Å²) in [7, 11) is 1.65. The molecule has 0 saturated heterocycles. The molecule has 4 nitrogen and oxygen atoms in total. The van der Waals surface area contributed by atoms with Gasteiger partial charge in [0.2, 0.25) is 5.89 Å². The van der Waals surface area contributed by atoms with E-state index in [4.69, 9.17) is 14.1 Å². The van der Waals surface area contributed by atoms with E-state index in [9.17, 15) is 5.11 Å². The van der Waals surface area contributed by atoms with Crippen LogP contribution in [0.15, 0.2) is 89.3 Å². The molecule has 0 saturated carbocycles. The fourth-order valence-electron chi connectivity index (χ4n) is 3.90. The van der Waals surface area contributed by atoms with Crippen LogP contribution in [0.2, 0.25) is 0 Å². The van der Waals surface area contributed by atoms with E-state index >= 15 is 0 Å². The number of oxazole rings is 1. The van der Waals surface area contributed by atoms with E-state index in [1.807, 2.05) is 84.9 Å². The molecule has 3 aromatic carbocycles. The first-order valence-electron chi connectivity index (χ1n) is 10.6.